The fourth-order valence-corrected chi connectivity index (χ4v) is 3.09. The average molecular weight is 442 g/mol. The maximum atomic E-state index is 12.2. The highest BCUT2D eigenvalue weighted by Crippen LogP contribution is 2.32. The zero-order chi connectivity index (χ0) is 19.4. The lowest BCUT2D eigenvalue weighted by molar-refractivity contribution is 0.104. The Bertz CT molecular complexity index is 1010. The van der Waals surface area contributed by atoms with Crippen LogP contribution in [0.15, 0.2) is 59.0 Å². The monoisotopic (exact) mass is 440 g/mol. The highest BCUT2D eigenvalue weighted by atomic mass is 35.5. The van der Waals surface area contributed by atoms with Gasteiger partial charge in [0.15, 0.2) is 5.78 Å². The molecule has 3 rings (SSSR count). The molecule has 0 fully saturated rings. The van der Waals surface area contributed by atoms with E-state index in [9.17, 15) is 4.79 Å². The third-order valence-corrected chi connectivity index (χ3v) is 4.91. The quantitative estimate of drug-likeness (QED) is 0.296. The van der Waals surface area contributed by atoms with Gasteiger partial charge in [0.1, 0.15) is 28.9 Å². The van der Waals surface area contributed by atoms with Gasteiger partial charge in [0.25, 0.3) is 0 Å². The molecule has 27 heavy (non-hydrogen) atoms. The predicted molar refractivity (Wildman–Crippen MR) is 109 cm³/mol. The fraction of sp³-hybridized carbons (Fsp3) is 0.0500. The second kappa shape index (κ2) is 8.85. The van der Waals surface area contributed by atoms with Crippen molar-refractivity contribution < 1.29 is 13.9 Å². The van der Waals surface area contributed by atoms with Gasteiger partial charge in [-0.15, -0.1) is 0 Å². The van der Waals surface area contributed by atoms with Crippen LogP contribution in [0.3, 0.4) is 0 Å². The van der Waals surface area contributed by atoms with Gasteiger partial charge in [0.2, 0.25) is 0 Å². The third kappa shape index (κ3) is 5.08. The molecule has 3 nitrogen and oxygen atoms in total. The van der Waals surface area contributed by atoms with Gasteiger partial charge in [-0.25, -0.2) is 0 Å². The summed E-state index contributed by atoms with van der Waals surface area (Å²) in [7, 11) is 0. The Hall–Kier alpha value is -1.91. The van der Waals surface area contributed by atoms with Crippen molar-refractivity contribution in [1.82, 2.24) is 0 Å². The number of rotatable bonds is 6. The molecule has 1 aromatic heterocycles. The summed E-state index contributed by atoms with van der Waals surface area (Å²) in [6, 6.07) is 13.3. The Morgan fingerprint density at radius 1 is 1.00 bits per heavy atom. The van der Waals surface area contributed by atoms with Gasteiger partial charge in [0, 0.05) is 10.6 Å². The maximum Gasteiger partial charge on any atom is 0.187 e. The molecule has 0 radical (unpaired) electrons. The molecule has 0 atom stereocenters. The first kappa shape index (κ1) is 19.8. The summed E-state index contributed by atoms with van der Waals surface area (Å²) >= 11 is 23.9. The first-order valence-corrected chi connectivity index (χ1v) is 9.28. The number of benzene rings is 2. The molecule has 0 spiro atoms. The van der Waals surface area contributed by atoms with Crippen molar-refractivity contribution in [3.8, 4) is 5.75 Å². The molecular weight excluding hydrogens is 430 g/mol. The van der Waals surface area contributed by atoms with Crippen molar-refractivity contribution in [1.29, 1.82) is 0 Å². The maximum absolute atomic E-state index is 12.2. The minimum atomic E-state index is -0.253. The molecule has 138 valence electrons. The standard InChI is InChI=1S/C20H12Cl4O3/c21-12-4-8-15(17(23)10-12)18(25)9-7-13-5-6-14(27-13)11-26-19-3-1-2-16(22)20(19)24/h1-10H,11H2/b9-7+. The van der Waals surface area contributed by atoms with Crippen LogP contribution in [-0.2, 0) is 6.61 Å². The van der Waals surface area contributed by atoms with Gasteiger partial charge in [0.05, 0.1) is 10.0 Å². The van der Waals surface area contributed by atoms with E-state index in [0.717, 1.165) is 0 Å². The topological polar surface area (TPSA) is 39.4 Å². The molecular formula is C20H12Cl4O3. The van der Waals surface area contributed by atoms with Crippen molar-refractivity contribution in [2.75, 3.05) is 0 Å². The van der Waals surface area contributed by atoms with Gasteiger partial charge in [-0.05, 0) is 54.6 Å². The van der Waals surface area contributed by atoms with Crippen LogP contribution < -0.4 is 4.74 Å². The van der Waals surface area contributed by atoms with Crippen LogP contribution in [0.5, 0.6) is 5.75 Å². The third-order valence-electron chi connectivity index (χ3n) is 3.56. The molecule has 0 N–H and O–H groups in total. The second-order valence-corrected chi connectivity index (χ2v) is 7.10. The smallest absolute Gasteiger partial charge is 0.187 e. The second-order valence-electron chi connectivity index (χ2n) is 5.47. The number of hydrogen-bond acceptors (Lipinski definition) is 3. The number of ketones is 1. The van der Waals surface area contributed by atoms with Crippen LogP contribution >= 0.6 is 46.4 Å². The Morgan fingerprint density at radius 3 is 2.59 bits per heavy atom. The Labute approximate surface area is 176 Å². The summed E-state index contributed by atoms with van der Waals surface area (Å²) in [6.07, 6.45) is 2.94. The number of furan rings is 1. The average Bonchev–Trinajstić information content (AvgIpc) is 3.09. The molecule has 0 bridgehead atoms. The normalized spacial score (nSPS) is 11.1. The van der Waals surface area contributed by atoms with Gasteiger partial charge in [-0.1, -0.05) is 52.5 Å². The van der Waals surface area contributed by atoms with Gasteiger partial charge in [-0.2, -0.15) is 0 Å². The Morgan fingerprint density at radius 2 is 1.81 bits per heavy atom. The molecule has 7 heteroatoms. The lowest BCUT2D eigenvalue weighted by atomic mass is 10.1. The van der Waals surface area contributed by atoms with E-state index in [0.29, 0.717) is 42.9 Å². The van der Waals surface area contributed by atoms with E-state index < -0.39 is 0 Å². The molecule has 0 aliphatic rings. The zero-order valence-electron chi connectivity index (χ0n) is 13.7. The molecule has 2 aromatic carbocycles. The summed E-state index contributed by atoms with van der Waals surface area (Å²) in [5.41, 5.74) is 0.364. The minimum absolute atomic E-state index is 0.171. The highest BCUT2D eigenvalue weighted by molar-refractivity contribution is 6.42. The summed E-state index contributed by atoms with van der Waals surface area (Å²) in [6.45, 7) is 0.171. The van der Waals surface area contributed by atoms with E-state index in [4.69, 9.17) is 55.6 Å². The zero-order valence-corrected chi connectivity index (χ0v) is 16.7. The first-order valence-electron chi connectivity index (χ1n) is 7.77. The predicted octanol–water partition coefficient (Wildman–Crippen LogP) is 7.37. The van der Waals surface area contributed by atoms with E-state index in [1.54, 1.807) is 48.5 Å². The van der Waals surface area contributed by atoms with Crippen molar-refractivity contribution in [3.05, 3.63) is 91.8 Å². The first-order chi connectivity index (χ1) is 12.9. The van der Waals surface area contributed by atoms with Crippen LogP contribution in [-0.4, -0.2) is 5.78 Å². The summed E-state index contributed by atoms with van der Waals surface area (Å²) in [5.74, 6) is 1.29. The Balaban J connectivity index is 1.64. The minimum Gasteiger partial charge on any atom is -0.484 e. The van der Waals surface area contributed by atoms with Crippen LogP contribution in [0, 0.1) is 0 Å². The van der Waals surface area contributed by atoms with E-state index in [2.05, 4.69) is 0 Å². The van der Waals surface area contributed by atoms with E-state index in [1.807, 2.05) is 0 Å². The van der Waals surface area contributed by atoms with Gasteiger partial charge >= 0.3 is 0 Å². The number of halogens is 4. The van der Waals surface area contributed by atoms with Crippen molar-refractivity contribution in [2.45, 2.75) is 6.61 Å². The van der Waals surface area contributed by atoms with Crippen LogP contribution in [0.4, 0.5) is 0 Å². The lowest BCUT2D eigenvalue weighted by Crippen LogP contribution is -1.95. The summed E-state index contributed by atoms with van der Waals surface area (Å²) < 4.78 is 11.2. The summed E-state index contributed by atoms with van der Waals surface area (Å²) in [5, 5.41) is 1.52. The number of allylic oxidation sites excluding steroid dienone is 1. The van der Waals surface area contributed by atoms with Crippen LogP contribution in [0.25, 0.3) is 6.08 Å². The number of carbonyl (C=O) groups excluding carboxylic acids is 1. The highest BCUT2D eigenvalue weighted by Gasteiger charge is 2.09. The lowest BCUT2D eigenvalue weighted by Gasteiger charge is -2.06. The van der Waals surface area contributed by atoms with Gasteiger partial charge in [-0.3, -0.25) is 4.79 Å². The molecule has 0 saturated carbocycles. The molecule has 0 unspecified atom stereocenters. The van der Waals surface area contributed by atoms with E-state index in [1.165, 1.54) is 12.1 Å². The number of carbonyl (C=O) groups is 1. The molecule has 1 heterocycles. The Kier molecular flexibility index (Phi) is 6.51. The molecule has 0 saturated heterocycles. The summed E-state index contributed by atoms with van der Waals surface area (Å²) in [4.78, 5) is 12.2. The van der Waals surface area contributed by atoms with E-state index >= 15 is 0 Å². The molecule has 0 aliphatic heterocycles. The van der Waals surface area contributed by atoms with Gasteiger partial charge < -0.3 is 9.15 Å². The SMILES string of the molecule is O=C(/C=C/c1ccc(COc2cccc(Cl)c2Cl)o1)c1ccc(Cl)cc1Cl. The molecule has 0 amide bonds. The van der Waals surface area contributed by atoms with Crippen LogP contribution in [0.2, 0.25) is 20.1 Å². The van der Waals surface area contributed by atoms with E-state index in [-0.39, 0.29) is 12.4 Å². The largest absolute Gasteiger partial charge is 0.484 e. The van der Waals surface area contributed by atoms with Crippen molar-refractivity contribution in [2.24, 2.45) is 0 Å². The van der Waals surface area contributed by atoms with Crippen molar-refractivity contribution >= 4 is 58.3 Å². The number of hydrogen-bond donors (Lipinski definition) is 0. The van der Waals surface area contributed by atoms with Crippen LogP contribution in [0.1, 0.15) is 21.9 Å². The van der Waals surface area contributed by atoms with Crippen molar-refractivity contribution in [3.63, 3.8) is 0 Å². The number of ether oxygens (including phenoxy) is 1. The fourth-order valence-electron chi connectivity index (χ4n) is 2.24. The molecule has 3 aromatic rings. The molecule has 0 aliphatic carbocycles.